The summed E-state index contributed by atoms with van der Waals surface area (Å²) in [6.45, 7) is 4.57. The number of aliphatic hydroxyl groups is 3. The van der Waals surface area contributed by atoms with Gasteiger partial charge in [-0.05, 0) is 58.0 Å². The zero-order chi connectivity index (χ0) is 24.7. The molecule has 0 saturated heterocycles. The number of rotatable bonds is 12. The van der Waals surface area contributed by atoms with Crippen molar-refractivity contribution in [3.8, 4) is 11.5 Å². The minimum atomic E-state index is -0.774. The Balaban J connectivity index is 1.56. The molecule has 0 aliphatic rings. The Labute approximate surface area is 217 Å². The van der Waals surface area contributed by atoms with Crippen molar-refractivity contribution in [1.29, 1.82) is 0 Å². The van der Waals surface area contributed by atoms with Crippen molar-refractivity contribution < 1.29 is 24.8 Å². The third kappa shape index (κ3) is 6.82. The van der Waals surface area contributed by atoms with Gasteiger partial charge in [-0.25, -0.2) is 4.68 Å². The van der Waals surface area contributed by atoms with Gasteiger partial charge in [-0.15, -0.1) is 16.7 Å². The number of halogens is 2. The molecule has 10 heteroatoms. The maximum atomic E-state index is 10.3. The highest BCUT2D eigenvalue weighted by atomic mass is 123. The molecule has 0 amide bonds. The van der Waals surface area contributed by atoms with Crippen molar-refractivity contribution in [3.63, 3.8) is 0 Å². The molecule has 3 aromatic rings. The molecule has 0 aliphatic heterocycles. The van der Waals surface area contributed by atoms with Gasteiger partial charge in [-0.3, -0.25) is 0 Å². The van der Waals surface area contributed by atoms with Gasteiger partial charge in [-0.2, -0.15) is 0 Å². The fourth-order valence-electron chi connectivity index (χ4n) is 3.34. The molecule has 0 aliphatic carbocycles. The van der Waals surface area contributed by atoms with Crippen LogP contribution in [-0.4, -0.2) is 61.6 Å². The molecule has 1 heterocycles. The Bertz CT molecular complexity index is 1040. The second kappa shape index (κ2) is 12.2. The second-order valence-corrected chi connectivity index (χ2v) is 9.76. The largest absolute Gasteiger partial charge is 0.491 e. The first-order valence-corrected chi connectivity index (χ1v) is 12.4. The van der Waals surface area contributed by atoms with Gasteiger partial charge in [0, 0.05) is 5.41 Å². The van der Waals surface area contributed by atoms with Crippen molar-refractivity contribution in [2.45, 2.75) is 44.6 Å². The maximum absolute atomic E-state index is 10.3. The fourth-order valence-corrected chi connectivity index (χ4v) is 4.00. The average Bonchev–Trinajstić information content (AvgIpc) is 3.20. The third-order valence-electron chi connectivity index (χ3n) is 5.49. The molecule has 8 nitrogen and oxygen atoms in total. The van der Waals surface area contributed by atoms with Crippen LogP contribution in [0.2, 0.25) is 0 Å². The van der Waals surface area contributed by atoms with E-state index in [0.717, 1.165) is 11.1 Å². The quantitative estimate of drug-likeness (QED) is 0.217. The average molecular weight is 598 g/mol. The zero-order valence-electron chi connectivity index (χ0n) is 19.1. The van der Waals surface area contributed by atoms with Crippen molar-refractivity contribution in [2.24, 2.45) is 0 Å². The lowest BCUT2D eigenvalue weighted by molar-refractivity contribution is 0.0881. The summed E-state index contributed by atoms with van der Waals surface area (Å²) < 4.78 is 13.5. The molecule has 0 fully saturated rings. The number of ether oxygens (including phenoxy) is 2. The summed E-state index contributed by atoms with van der Waals surface area (Å²) in [6, 6.07) is 15.6. The molecule has 3 rings (SSSR count). The van der Waals surface area contributed by atoms with Crippen molar-refractivity contribution >= 4 is 34.2 Å². The fraction of sp³-hybridized carbons (Fsp3) is 0.417. The SMILES string of the molecule is CC(C)(c1ccc(OCC(O)CCl)cc1)c1ccc(OCC(O)Cn2nnc(CO)c2[123I])cc1. The van der Waals surface area contributed by atoms with Gasteiger partial charge in [-0.1, -0.05) is 43.3 Å². The summed E-state index contributed by atoms with van der Waals surface area (Å²) >= 11 is 7.64. The molecular weight excluding hydrogens is 569 g/mol. The second-order valence-electron chi connectivity index (χ2n) is 8.42. The topological polar surface area (TPSA) is 110 Å². The highest BCUT2D eigenvalue weighted by Gasteiger charge is 2.23. The monoisotopic (exact) mass is 597 g/mol. The van der Waals surface area contributed by atoms with Crippen molar-refractivity contribution in [1.82, 2.24) is 15.0 Å². The first kappa shape index (κ1) is 26.7. The molecular formula is C24H29ClIN3O5. The summed E-state index contributed by atoms with van der Waals surface area (Å²) in [4.78, 5) is 0. The first-order chi connectivity index (χ1) is 16.2. The van der Waals surface area contributed by atoms with Crippen LogP contribution in [0, 0.1) is 3.70 Å². The van der Waals surface area contributed by atoms with E-state index in [1.54, 1.807) is 4.68 Å². The number of hydrogen-bond donors (Lipinski definition) is 3. The predicted octanol–water partition coefficient (Wildman–Crippen LogP) is 3.12. The van der Waals surface area contributed by atoms with E-state index in [0.29, 0.717) is 20.9 Å². The summed E-state index contributed by atoms with van der Waals surface area (Å²) in [7, 11) is 0. The van der Waals surface area contributed by atoms with Crippen LogP contribution in [0.1, 0.15) is 30.7 Å². The Morgan fingerprint density at radius 2 is 1.44 bits per heavy atom. The molecule has 0 radical (unpaired) electrons. The van der Waals surface area contributed by atoms with Crippen LogP contribution in [0.25, 0.3) is 0 Å². The van der Waals surface area contributed by atoms with Crippen LogP contribution in [0.3, 0.4) is 0 Å². The van der Waals surface area contributed by atoms with Gasteiger partial charge < -0.3 is 24.8 Å². The molecule has 0 spiro atoms. The van der Waals surface area contributed by atoms with E-state index >= 15 is 0 Å². The summed E-state index contributed by atoms with van der Waals surface area (Å²) in [6.07, 6.45) is -1.46. The molecule has 2 aromatic carbocycles. The van der Waals surface area contributed by atoms with Crippen LogP contribution in [0.4, 0.5) is 0 Å². The number of aromatic nitrogens is 3. The molecule has 0 bridgehead atoms. The van der Waals surface area contributed by atoms with E-state index < -0.39 is 12.2 Å². The summed E-state index contributed by atoms with van der Waals surface area (Å²) in [5, 5.41) is 36.8. The van der Waals surface area contributed by atoms with Gasteiger partial charge in [0.1, 0.15) is 46.3 Å². The molecule has 1 aromatic heterocycles. The Morgan fingerprint density at radius 1 is 0.941 bits per heavy atom. The summed E-state index contributed by atoms with van der Waals surface area (Å²) in [5.74, 6) is 1.47. The van der Waals surface area contributed by atoms with Crippen LogP contribution in [-0.2, 0) is 18.6 Å². The van der Waals surface area contributed by atoms with Gasteiger partial charge in [0.05, 0.1) is 19.0 Å². The lowest BCUT2D eigenvalue weighted by Crippen LogP contribution is -2.25. The maximum Gasteiger partial charge on any atom is 0.125 e. The Kier molecular flexibility index (Phi) is 9.55. The third-order valence-corrected chi connectivity index (χ3v) is 7.02. The normalized spacial score (nSPS) is 13.5. The minimum Gasteiger partial charge on any atom is -0.491 e. The number of aliphatic hydroxyl groups excluding tert-OH is 3. The molecule has 184 valence electrons. The van der Waals surface area contributed by atoms with E-state index in [4.69, 9.17) is 21.1 Å². The van der Waals surface area contributed by atoms with Gasteiger partial charge in [0.15, 0.2) is 0 Å². The van der Waals surface area contributed by atoms with Gasteiger partial charge in [0.25, 0.3) is 0 Å². The number of nitrogens with zero attached hydrogens (tertiary/aromatic N) is 3. The Hall–Kier alpha value is -1.92. The smallest absolute Gasteiger partial charge is 0.125 e. The van der Waals surface area contributed by atoms with E-state index in [1.165, 1.54) is 0 Å². The van der Waals surface area contributed by atoms with E-state index in [1.807, 2.05) is 71.1 Å². The van der Waals surface area contributed by atoms with Crippen LogP contribution < -0.4 is 9.47 Å². The zero-order valence-corrected chi connectivity index (χ0v) is 22.0. The van der Waals surface area contributed by atoms with Crippen molar-refractivity contribution in [3.05, 3.63) is 69.1 Å². The predicted molar refractivity (Wildman–Crippen MR) is 137 cm³/mol. The molecule has 2 unspecified atom stereocenters. The molecule has 34 heavy (non-hydrogen) atoms. The number of hydrogen-bond acceptors (Lipinski definition) is 7. The van der Waals surface area contributed by atoms with Crippen LogP contribution in [0.5, 0.6) is 11.5 Å². The lowest BCUT2D eigenvalue weighted by Gasteiger charge is -2.26. The molecule has 3 N–H and O–H groups in total. The van der Waals surface area contributed by atoms with E-state index in [2.05, 4.69) is 24.2 Å². The highest BCUT2D eigenvalue weighted by molar-refractivity contribution is 14.1. The lowest BCUT2D eigenvalue weighted by atomic mass is 9.78. The number of alkyl halides is 1. The first-order valence-electron chi connectivity index (χ1n) is 10.8. The number of benzene rings is 2. The molecule has 2 atom stereocenters. The van der Waals surface area contributed by atoms with Crippen molar-refractivity contribution in [2.75, 3.05) is 19.1 Å². The van der Waals surface area contributed by atoms with Gasteiger partial charge >= 0.3 is 0 Å². The molecule has 0 saturated carbocycles. The van der Waals surface area contributed by atoms with E-state index in [-0.39, 0.29) is 37.7 Å². The van der Waals surface area contributed by atoms with E-state index in [9.17, 15) is 15.3 Å². The highest BCUT2D eigenvalue weighted by Crippen LogP contribution is 2.33. The summed E-state index contributed by atoms with van der Waals surface area (Å²) in [5.41, 5.74) is 2.46. The Morgan fingerprint density at radius 3 is 1.88 bits per heavy atom. The standard InChI is InChI=1S/C24H29ClIN3O5/c1-24(2,16-3-7-20(8-4-16)33-14-18(31)11-25)17-5-9-21(10-6-17)34-15-19(32)12-29-23(26)22(13-30)27-28-29/h3-10,18-19,30-32H,11-15H2,1-2H3/i26-4. The van der Waals surface area contributed by atoms with Gasteiger partial charge in [0.2, 0.25) is 0 Å². The van der Waals surface area contributed by atoms with Crippen LogP contribution in [0.15, 0.2) is 48.5 Å². The van der Waals surface area contributed by atoms with Crippen LogP contribution >= 0.6 is 34.2 Å². The minimum absolute atomic E-state index is 0.104.